The first-order valence-corrected chi connectivity index (χ1v) is 10.9. The number of nitrogens with one attached hydrogen (secondary N) is 1. The lowest BCUT2D eigenvalue weighted by Gasteiger charge is -2.49. The van der Waals surface area contributed by atoms with E-state index in [4.69, 9.17) is 9.15 Å². The van der Waals surface area contributed by atoms with Crippen LogP contribution in [0.4, 0.5) is 0 Å². The van der Waals surface area contributed by atoms with E-state index in [1.807, 2.05) is 6.07 Å². The van der Waals surface area contributed by atoms with Crippen LogP contribution in [-0.2, 0) is 4.74 Å². The van der Waals surface area contributed by atoms with Gasteiger partial charge in [0, 0.05) is 36.6 Å². The molecule has 0 spiro atoms. The van der Waals surface area contributed by atoms with Gasteiger partial charge >= 0.3 is 0 Å². The summed E-state index contributed by atoms with van der Waals surface area (Å²) in [4.78, 5) is 21.9. The number of furan rings is 1. The highest BCUT2D eigenvalue weighted by atomic mass is 16.5. The second-order valence-corrected chi connectivity index (χ2v) is 8.52. The topological polar surface area (TPSA) is 70.8 Å². The van der Waals surface area contributed by atoms with E-state index in [1.165, 1.54) is 0 Å². The summed E-state index contributed by atoms with van der Waals surface area (Å²) in [5, 5.41) is 4.10. The fraction of sp³-hybridized carbons (Fsp3) is 0.565. The lowest BCUT2D eigenvalue weighted by Crippen LogP contribution is -2.62. The molecule has 158 valence electrons. The van der Waals surface area contributed by atoms with E-state index in [1.54, 1.807) is 12.3 Å². The number of hydrogen-bond donors (Lipinski definition) is 1. The molecule has 4 fully saturated rings. The Morgan fingerprint density at radius 3 is 2.80 bits per heavy atom. The molecular weight excluding hydrogens is 380 g/mol. The fourth-order valence-corrected chi connectivity index (χ4v) is 4.90. The second kappa shape index (κ2) is 8.38. The van der Waals surface area contributed by atoms with Crippen molar-refractivity contribution in [3.05, 3.63) is 29.8 Å². The van der Waals surface area contributed by atoms with Crippen LogP contribution in [0.2, 0.25) is 0 Å². The van der Waals surface area contributed by atoms with E-state index in [0.29, 0.717) is 35.5 Å². The first-order chi connectivity index (χ1) is 14.7. The molecule has 0 unspecified atom stereocenters. The fourth-order valence-electron chi connectivity index (χ4n) is 4.90. The lowest BCUT2D eigenvalue weighted by atomic mass is 9.79. The Hall–Kier alpha value is -2.40. The van der Waals surface area contributed by atoms with Crippen molar-refractivity contribution >= 4 is 16.9 Å². The Morgan fingerprint density at radius 1 is 1.23 bits per heavy atom. The smallest absolute Gasteiger partial charge is 0.270 e. The molecule has 4 aliphatic heterocycles. The Kier molecular flexibility index (Phi) is 5.47. The molecule has 7 heteroatoms. The van der Waals surface area contributed by atoms with Gasteiger partial charge in [0.25, 0.3) is 5.91 Å². The number of carbonyl (C=O) groups excluding carboxylic acids is 1. The molecule has 0 aliphatic carbocycles. The SMILES string of the molecule is C[C@H]1[C@H](NC(=O)c2cc3cc(C#CCN4CCOCC4)oc3cn2)C2CCN1CC2. The van der Waals surface area contributed by atoms with E-state index < -0.39 is 0 Å². The van der Waals surface area contributed by atoms with Gasteiger partial charge in [-0.1, -0.05) is 5.92 Å². The Morgan fingerprint density at radius 2 is 2.03 bits per heavy atom. The molecular formula is C23H28N4O3. The third-order valence-corrected chi connectivity index (χ3v) is 6.73. The van der Waals surface area contributed by atoms with Crippen LogP contribution in [0.15, 0.2) is 22.7 Å². The van der Waals surface area contributed by atoms with E-state index in [9.17, 15) is 4.79 Å². The summed E-state index contributed by atoms with van der Waals surface area (Å²) in [6.45, 7) is 8.56. The summed E-state index contributed by atoms with van der Waals surface area (Å²) < 4.78 is 11.1. The van der Waals surface area contributed by atoms with Crippen LogP contribution in [0.1, 0.15) is 36.0 Å². The summed E-state index contributed by atoms with van der Waals surface area (Å²) in [6, 6.07) is 4.26. The number of fused-ring (bicyclic) bond motifs is 4. The van der Waals surface area contributed by atoms with Crippen molar-refractivity contribution in [3.8, 4) is 11.8 Å². The Balaban J connectivity index is 1.26. The van der Waals surface area contributed by atoms with Crippen molar-refractivity contribution in [2.45, 2.75) is 31.8 Å². The van der Waals surface area contributed by atoms with Crippen molar-refractivity contribution in [2.75, 3.05) is 45.9 Å². The summed E-state index contributed by atoms with van der Waals surface area (Å²) >= 11 is 0. The molecule has 2 bridgehead atoms. The van der Waals surface area contributed by atoms with Crippen LogP contribution in [0.3, 0.4) is 0 Å². The second-order valence-electron chi connectivity index (χ2n) is 8.52. The standard InChI is InChI=1S/C23H28N4O3/c1-16-22(17-4-7-27(16)8-5-17)25-23(28)20-14-18-13-19(30-21(18)15-24-20)3-2-6-26-9-11-29-12-10-26/h13-17,22H,4-12H2,1H3,(H,25,28)/t16-,22-/m0/s1. The molecule has 2 aromatic heterocycles. The first kappa shape index (κ1) is 19.6. The van der Waals surface area contributed by atoms with Gasteiger partial charge in [-0.05, 0) is 50.8 Å². The van der Waals surface area contributed by atoms with Gasteiger partial charge in [-0.25, -0.2) is 4.98 Å². The van der Waals surface area contributed by atoms with Gasteiger partial charge in [-0.15, -0.1) is 0 Å². The third kappa shape index (κ3) is 3.95. The molecule has 6 heterocycles. The van der Waals surface area contributed by atoms with E-state index in [-0.39, 0.29) is 11.9 Å². The summed E-state index contributed by atoms with van der Waals surface area (Å²) in [5.41, 5.74) is 1.08. The number of piperidine rings is 3. The van der Waals surface area contributed by atoms with Crippen molar-refractivity contribution in [3.63, 3.8) is 0 Å². The van der Waals surface area contributed by atoms with Crippen molar-refractivity contribution < 1.29 is 13.9 Å². The Labute approximate surface area is 176 Å². The number of aromatic nitrogens is 1. The number of morpholine rings is 1. The molecule has 1 amide bonds. The average molecular weight is 409 g/mol. The van der Waals surface area contributed by atoms with E-state index >= 15 is 0 Å². The number of rotatable bonds is 3. The number of carbonyl (C=O) groups is 1. The van der Waals surface area contributed by atoms with Gasteiger partial charge in [0.1, 0.15) is 5.69 Å². The highest BCUT2D eigenvalue weighted by Gasteiger charge is 2.40. The quantitative estimate of drug-likeness (QED) is 0.780. The summed E-state index contributed by atoms with van der Waals surface area (Å²) in [5.74, 6) is 7.32. The number of pyridine rings is 1. The number of ether oxygens (including phenoxy) is 1. The zero-order chi connectivity index (χ0) is 20.5. The van der Waals surface area contributed by atoms with Crippen LogP contribution >= 0.6 is 0 Å². The number of amides is 1. The molecule has 4 saturated heterocycles. The van der Waals surface area contributed by atoms with Gasteiger partial charge < -0.3 is 14.5 Å². The van der Waals surface area contributed by atoms with Crippen LogP contribution in [0.5, 0.6) is 0 Å². The maximum Gasteiger partial charge on any atom is 0.270 e. The molecule has 30 heavy (non-hydrogen) atoms. The van der Waals surface area contributed by atoms with Crippen LogP contribution in [0, 0.1) is 17.8 Å². The molecule has 0 saturated carbocycles. The zero-order valence-electron chi connectivity index (χ0n) is 17.4. The van der Waals surface area contributed by atoms with Crippen LogP contribution in [0.25, 0.3) is 11.0 Å². The first-order valence-electron chi connectivity index (χ1n) is 10.9. The molecule has 2 aromatic rings. The molecule has 6 rings (SSSR count). The number of nitrogens with zero attached hydrogens (tertiary/aromatic N) is 3. The predicted octanol–water partition coefficient (Wildman–Crippen LogP) is 1.72. The molecule has 4 aliphatic rings. The molecule has 0 radical (unpaired) electrons. The zero-order valence-corrected chi connectivity index (χ0v) is 17.4. The van der Waals surface area contributed by atoms with Gasteiger partial charge in [0.2, 0.25) is 0 Å². The highest BCUT2D eigenvalue weighted by Crippen LogP contribution is 2.32. The maximum atomic E-state index is 12.9. The predicted molar refractivity (Wildman–Crippen MR) is 113 cm³/mol. The monoisotopic (exact) mass is 408 g/mol. The van der Waals surface area contributed by atoms with Gasteiger partial charge in [-0.3, -0.25) is 14.6 Å². The van der Waals surface area contributed by atoms with Gasteiger partial charge in [0.05, 0.1) is 26.0 Å². The summed E-state index contributed by atoms with van der Waals surface area (Å²) in [6.07, 6.45) is 3.95. The van der Waals surface area contributed by atoms with Crippen molar-refractivity contribution in [2.24, 2.45) is 5.92 Å². The van der Waals surface area contributed by atoms with Gasteiger partial charge in [-0.2, -0.15) is 0 Å². The van der Waals surface area contributed by atoms with Crippen molar-refractivity contribution in [1.82, 2.24) is 20.1 Å². The molecule has 7 nitrogen and oxygen atoms in total. The van der Waals surface area contributed by atoms with Crippen LogP contribution in [-0.4, -0.2) is 78.7 Å². The molecule has 0 aromatic carbocycles. The minimum absolute atomic E-state index is 0.108. The molecule has 2 atom stereocenters. The van der Waals surface area contributed by atoms with Crippen molar-refractivity contribution in [1.29, 1.82) is 0 Å². The number of hydrogen-bond acceptors (Lipinski definition) is 6. The third-order valence-electron chi connectivity index (χ3n) is 6.73. The molecule has 1 N–H and O–H groups in total. The summed E-state index contributed by atoms with van der Waals surface area (Å²) in [7, 11) is 0. The normalized spacial score (nSPS) is 28.8. The van der Waals surface area contributed by atoms with Gasteiger partial charge in [0.15, 0.2) is 11.3 Å². The largest absolute Gasteiger partial charge is 0.446 e. The minimum atomic E-state index is -0.108. The van der Waals surface area contributed by atoms with E-state index in [2.05, 4.69) is 38.9 Å². The lowest BCUT2D eigenvalue weighted by molar-refractivity contribution is 0.0216. The Bertz CT molecular complexity index is 975. The maximum absolute atomic E-state index is 12.9. The van der Waals surface area contributed by atoms with Crippen LogP contribution < -0.4 is 5.32 Å². The highest BCUT2D eigenvalue weighted by molar-refractivity contribution is 5.96. The minimum Gasteiger partial charge on any atom is -0.446 e. The average Bonchev–Trinajstić information content (AvgIpc) is 3.19. The van der Waals surface area contributed by atoms with E-state index in [0.717, 1.165) is 57.6 Å².